The molecule has 2 unspecified atom stereocenters. The Kier molecular flexibility index (Phi) is 2.55. The fourth-order valence-electron chi connectivity index (χ4n) is 3.99. The highest BCUT2D eigenvalue weighted by Crippen LogP contribution is 2.42. The second-order valence-corrected chi connectivity index (χ2v) is 5.93. The van der Waals surface area contributed by atoms with Crippen molar-refractivity contribution < 1.29 is 4.42 Å². The highest BCUT2D eigenvalue weighted by atomic mass is 16.3. The maximum absolute atomic E-state index is 6.14. The summed E-state index contributed by atoms with van der Waals surface area (Å²) in [5.74, 6) is 1.21. The second-order valence-electron chi connectivity index (χ2n) is 5.93. The van der Waals surface area contributed by atoms with Crippen molar-refractivity contribution in [1.82, 2.24) is 4.90 Å². The lowest BCUT2D eigenvalue weighted by Crippen LogP contribution is -2.37. The third-order valence-corrected chi connectivity index (χ3v) is 4.89. The molecule has 1 aromatic heterocycles. The first kappa shape index (κ1) is 11.4. The van der Waals surface area contributed by atoms with Crippen LogP contribution in [0.4, 0.5) is 5.88 Å². The molecule has 2 aliphatic rings. The van der Waals surface area contributed by atoms with E-state index in [-0.39, 0.29) is 0 Å². The summed E-state index contributed by atoms with van der Waals surface area (Å²) in [4.78, 5) is 2.65. The molecule has 3 nitrogen and oxygen atoms in total. The topological polar surface area (TPSA) is 42.4 Å². The van der Waals surface area contributed by atoms with Gasteiger partial charge in [0.05, 0.1) is 0 Å². The van der Waals surface area contributed by atoms with Crippen molar-refractivity contribution in [3.05, 3.63) is 29.8 Å². The van der Waals surface area contributed by atoms with Crippen molar-refractivity contribution >= 4 is 16.9 Å². The molecule has 2 N–H and O–H groups in total. The third-order valence-electron chi connectivity index (χ3n) is 4.89. The van der Waals surface area contributed by atoms with Crippen LogP contribution in [0.5, 0.6) is 0 Å². The smallest absolute Gasteiger partial charge is 0.195 e. The monoisotopic (exact) mass is 256 g/mol. The number of benzene rings is 1. The lowest BCUT2D eigenvalue weighted by Gasteiger charge is -2.34. The number of nitrogens with zero attached hydrogens (tertiary/aromatic N) is 1. The molecule has 2 aromatic rings. The summed E-state index contributed by atoms with van der Waals surface area (Å²) in [6.07, 6.45) is 5.17. The zero-order valence-electron chi connectivity index (χ0n) is 11.1. The molecule has 4 rings (SSSR count). The van der Waals surface area contributed by atoms with E-state index < -0.39 is 0 Å². The number of rotatable bonds is 1. The molecular formula is C16H20N2O. The predicted molar refractivity (Wildman–Crippen MR) is 77.2 cm³/mol. The van der Waals surface area contributed by atoms with E-state index in [1.54, 1.807) is 0 Å². The van der Waals surface area contributed by atoms with Crippen LogP contribution in [-0.2, 0) is 0 Å². The minimum absolute atomic E-state index is 0.572. The molecular weight excluding hydrogens is 236 g/mol. The van der Waals surface area contributed by atoms with Gasteiger partial charge in [0.15, 0.2) is 5.88 Å². The lowest BCUT2D eigenvalue weighted by molar-refractivity contribution is 0.181. The zero-order valence-corrected chi connectivity index (χ0v) is 11.1. The normalized spacial score (nSPS) is 27.8. The highest BCUT2D eigenvalue weighted by molar-refractivity contribution is 5.86. The van der Waals surface area contributed by atoms with Crippen molar-refractivity contribution in [3.63, 3.8) is 0 Å². The minimum atomic E-state index is 0.572. The van der Waals surface area contributed by atoms with Crippen molar-refractivity contribution in [2.45, 2.75) is 37.6 Å². The van der Waals surface area contributed by atoms with Gasteiger partial charge in [0.25, 0.3) is 0 Å². The summed E-state index contributed by atoms with van der Waals surface area (Å²) in [6.45, 7) is 2.51. The molecule has 0 saturated carbocycles. The molecule has 0 spiro atoms. The van der Waals surface area contributed by atoms with E-state index in [1.165, 1.54) is 49.7 Å². The van der Waals surface area contributed by atoms with Crippen LogP contribution < -0.4 is 5.73 Å². The average molecular weight is 256 g/mol. The van der Waals surface area contributed by atoms with Crippen LogP contribution in [0.25, 0.3) is 11.0 Å². The van der Waals surface area contributed by atoms with E-state index in [1.807, 2.05) is 12.1 Å². The molecule has 0 bridgehead atoms. The van der Waals surface area contributed by atoms with Gasteiger partial charge < -0.3 is 15.1 Å². The van der Waals surface area contributed by atoms with Gasteiger partial charge >= 0.3 is 0 Å². The molecule has 2 aliphatic heterocycles. The summed E-state index contributed by atoms with van der Waals surface area (Å²) in [5, 5.41) is 1.22. The standard InChI is InChI=1S/C16H20N2O/c17-16-15(13-5-1-2-6-14(13)19-16)11-7-9-18-8-3-4-12(18)10-11/h1-2,5-6,11-12H,3-4,7-10,17H2. The first-order chi connectivity index (χ1) is 9.33. The van der Waals surface area contributed by atoms with Gasteiger partial charge in [0.1, 0.15) is 5.58 Å². The Balaban J connectivity index is 1.72. The van der Waals surface area contributed by atoms with Crippen LogP contribution in [0.2, 0.25) is 0 Å². The first-order valence-corrected chi connectivity index (χ1v) is 7.34. The fraction of sp³-hybridized carbons (Fsp3) is 0.500. The van der Waals surface area contributed by atoms with Gasteiger partial charge in [-0.3, -0.25) is 0 Å². The summed E-state index contributed by atoms with van der Waals surface area (Å²) >= 11 is 0. The van der Waals surface area contributed by atoms with Crippen LogP contribution in [0.3, 0.4) is 0 Å². The van der Waals surface area contributed by atoms with Crippen LogP contribution in [0, 0.1) is 0 Å². The van der Waals surface area contributed by atoms with Gasteiger partial charge in [-0.2, -0.15) is 0 Å². The predicted octanol–water partition coefficient (Wildman–Crippen LogP) is 3.36. The van der Waals surface area contributed by atoms with E-state index in [0.29, 0.717) is 11.8 Å². The Morgan fingerprint density at radius 1 is 1.16 bits per heavy atom. The zero-order chi connectivity index (χ0) is 12.8. The van der Waals surface area contributed by atoms with Gasteiger partial charge in [-0.05, 0) is 50.8 Å². The fourth-order valence-corrected chi connectivity index (χ4v) is 3.99. The van der Waals surface area contributed by atoms with Crippen molar-refractivity contribution in [2.24, 2.45) is 0 Å². The molecule has 0 amide bonds. The number of para-hydroxylation sites is 1. The number of nitrogens with two attached hydrogens (primary N) is 1. The number of piperidine rings is 1. The van der Waals surface area contributed by atoms with Crippen molar-refractivity contribution in [3.8, 4) is 0 Å². The molecule has 2 atom stereocenters. The molecule has 1 aromatic carbocycles. The molecule has 0 aliphatic carbocycles. The Labute approximate surface area is 113 Å². The maximum atomic E-state index is 6.14. The molecule has 3 heteroatoms. The summed E-state index contributed by atoms with van der Waals surface area (Å²) in [6, 6.07) is 9.01. The molecule has 19 heavy (non-hydrogen) atoms. The van der Waals surface area contributed by atoms with Crippen molar-refractivity contribution in [1.29, 1.82) is 0 Å². The van der Waals surface area contributed by atoms with E-state index >= 15 is 0 Å². The number of furan rings is 1. The van der Waals surface area contributed by atoms with Crippen LogP contribution in [0.15, 0.2) is 28.7 Å². The number of hydrogen-bond donors (Lipinski definition) is 1. The van der Waals surface area contributed by atoms with E-state index in [4.69, 9.17) is 10.2 Å². The summed E-state index contributed by atoms with van der Waals surface area (Å²) < 4.78 is 5.73. The quantitative estimate of drug-likeness (QED) is 0.850. The summed E-state index contributed by atoms with van der Waals surface area (Å²) in [5.41, 5.74) is 8.34. The summed E-state index contributed by atoms with van der Waals surface area (Å²) in [7, 11) is 0. The Bertz CT molecular complexity index is 604. The number of anilines is 1. The Hall–Kier alpha value is -1.48. The molecule has 2 saturated heterocycles. The van der Waals surface area contributed by atoms with Crippen LogP contribution in [-0.4, -0.2) is 24.0 Å². The Morgan fingerprint density at radius 2 is 2.05 bits per heavy atom. The van der Waals surface area contributed by atoms with Gasteiger partial charge in [0.2, 0.25) is 0 Å². The molecule has 2 fully saturated rings. The highest BCUT2D eigenvalue weighted by Gasteiger charge is 2.34. The first-order valence-electron chi connectivity index (χ1n) is 7.34. The van der Waals surface area contributed by atoms with Gasteiger partial charge in [-0.15, -0.1) is 0 Å². The van der Waals surface area contributed by atoms with Crippen LogP contribution >= 0.6 is 0 Å². The minimum Gasteiger partial charge on any atom is -0.441 e. The van der Waals surface area contributed by atoms with E-state index in [0.717, 1.165) is 11.6 Å². The van der Waals surface area contributed by atoms with Gasteiger partial charge in [-0.25, -0.2) is 0 Å². The number of fused-ring (bicyclic) bond motifs is 2. The second kappa shape index (κ2) is 4.27. The third kappa shape index (κ3) is 1.76. The molecule has 0 radical (unpaired) electrons. The SMILES string of the molecule is Nc1oc2ccccc2c1C1CCN2CCCC2C1. The maximum Gasteiger partial charge on any atom is 0.195 e. The molecule has 100 valence electrons. The largest absolute Gasteiger partial charge is 0.441 e. The average Bonchev–Trinajstić information content (AvgIpc) is 3.00. The molecule has 3 heterocycles. The van der Waals surface area contributed by atoms with Crippen LogP contribution in [0.1, 0.15) is 37.2 Å². The van der Waals surface area contributed by atoms with Gasteiger partial charge in [-0.1, -0.05) is 18.2 Å². The van der Waals surface area contributed by atoms with Gasteiger partial charge in [0, 0.05) is 17.0 Å². The van der Waals surface area contributed by atoms with Crippen molar-refractivity contribution in [2.75, 3.05) is 18.8 Å². The van der Waals surface area contributed by atoms with E-state index in [2.05, 4.69) is 17.0 Å². The lowest BCUT2D eigenvalue weighted by atomic mass is 9.85. The Morgan fingerprint density at radius 3 is 3.00 bits per heavy atom. The number of nitrogen functional groups attached to an aromatic ring is 1. The van der Waals surface area contributed by atoms with E-state index in [9.17, 15) is 0 Å². The number of hydrogen-bond acceptors (Lipinski definition) is 3.